The third-order valence-corrected chi connectivity index (χ3v) is 8.50. The summed E-state index contributed by atoms with van der Waals surface area (Å²) in [5, 5.41) is 3.55. The number of benzene rings is 2. The Bertz CT molecular complexity index is 1480. The van der Waals surface area contributed by atoms with E-state index in [9.17, 15) is 26.4 Å². The van der Waals surface area contributed by atoms with Crippen LogP contribution < -0.4 is 10.1 Å². The number of alkyl halides is 3. The highest BCUT2D eigenvalue weighted by molar-refractivity contribution is 7.89. The number of hydrogen-bond acceptors (Lipinski definition) is 6. The van der Waals surface area contributed by atoms with Crippen molar-refractivity contribution in [2.24, 2.45) is 4.99 Å². The molecule has 194 valence electrons. The summed E-state index contributed by atoms with van der Waals surface area (Å²) in [6.45, 7) is 0.224. The first-order valence-corrected chi connectivity index (χ1v) is 13.2. The van der Waals surface area contributed by atoms with Gasteiger partial charge in [-0.05, 0) is 49.1 Å². The number of aliphatic imine (C=N–C) groups is 1. The molecule has 12 heteroatoms. The lowest BCUT2D eigenvalue weighted by Crippen LogP contribution is -2.50. The first kappa shape index (κ1) is 25.2. The number of halogens is 3. The summed E-state index contributed by atoms with van der Waals surface area (Å²) < 4.78 is 69.2. The van der Waals surface area contributed by atoms with Crippen molar-refractivity contribution >= 4 is 32.7 Å². The molecule has 0 bridgehead atoms. The van der Waals surface area contributed by atoms with E-state index in [1.165, 1.54) is 16.4 Å². The number of ether oxygens (including phenoxy) is 1. The molecule has 0 aliphatic carbocycles. The molecule has 0 saturated carbocycles. The number of carbonyl (C=O) groups excluding carboxylic acids is 1. The Kier molecular flexibility index (Phi) is 6.40. The number of nitrogens with one attached hydrogen (secondary N) is 1. The fourth-order valence-corrected chi connectivity index (χ4v) is 6.20. The molecule has 2 aromatic carbocycles. The standard InChI is InChI=1S/C25H23F3N4O4S/c26-25(27,28)36-19-6-1-5-18(16-19)22-30-23(33)24(31-22)10-13-32(14-11-24)37(34,35)15-9-17-4-2-8-21-20(17)7-3-12-29-21/h1-8,12,16H,9-11,13-15H2,(H,30,31,33). The van der Waals surface area contributed by atoms with Crippen LogP contribution in [-0.2, 0) is 21.2 Å². The van der Waals surface area contributed by atoms with E-state index < -0.39 is 33.6 Å². The predicted molar refractivity (Wildman–Crippen MR) is 131 cm³/mol. The molecule has 2 aliphatic rings. The summed E-state index contributed by atoms with van der Waals surface area (Å²) in [5.74, 6) is -0.769. The monoisotopic (exact) mass is 532 g/mol. The normalized spacial score (nSPS) is 18.1. The number of carbonyl (C=O) groups is 1. The summed E-state index contributed by atoms with van der Waals surface area (Å²) in [4.78, 5) is 21.6. The van der Waals surface area contributed by atoms with Gasteiger partial charge in [-0.25, -0.2) is 12.7 Å². The third kappa shape index (κ3) is 5.30. The van der Waals surface area contributed by atoms with Gasteiger partial charge in [0.25, 0.3) is 5.91 Å². The number of hydrogen-bond donors (Lipinski definition) is 1. The number of aryl methyl sites for hydroxylation is 1. The second kappa shape index (κ2) is 9.42. The van der Waals surface area contributed by atoms with E-state index in [4.69, 9.17) is 0 Å². The van der Waals surface area contributed by atoms with Crippen molar-refractivity contribution in [2.45, 2.75) is 31.2 Å². The van der Waals surface area contributed by atoms with Gasteiger partial charge in [0, 0.05) is 30.2 Å². The molecule has 1 amide bonds. The van der Waals surface area contributed by atoms with E-state index in [2.05, 4.69) is 20.0 Å². The molecule has 37 heavy (non-hydrogen) atoms. The Morgan fingerprint density at radius 1 is 1.05 bits per heavy atom. The highest BCUT2D eigenvalue weighted by Crippen LogP contribution is 2.33. The molecule has 1 saturated heterocycles. The van der Waals surface area contributed by atoms with Crippen LogP contribution in [0, 0.1) is 0 Å². The quantitative estimate of drug-likeness (QED) is 0.525. The maximum atomic E-state index is 13.1. The number of amides is 1. The molecular weight excluding hydrogens is 509 g/mol. The first-order valence-electron chi connectivity index (χ1n) is 11.6. The zero-order chi connectivity index (χ0) is 26.3. The smallest absolute Gasteiger partial charge is 0.406 e. The van der Waals surface area contributed by atoms with Crippen molar-refractivity contribution in [3.63, 3.8) is 0 Å². The SMILES string of the molecule is O=C1NC(c2cccc(OC(F)(F)F)c2)=NC12CCN(S(=O)(=O)CCc1cccc3ncccc13)CC2. The number of piperidine rings is 1. The molecule has 0 unspecified atom stereocenters. The molecular formula is C25H23F3N4O4S. The van der Waals surface area contributed by atoms with E-state index >= 15 is 0 Å². The predicted octanol–water partition coefficient (Wildman–Crippen LogP) is 3.42. The molecule has 1 N–H and O–H groups in total. The Morgan fingerprint density at radius 2 is 1.81 bits per heavy atom. The van der Waals surface area contributed by atoms with Crippen LogP contribution in [0.5, 0.6) is 5.75 Å². The van der Waals surface area contributed by atoms with Crippen molar-refractivity contribution < 1.29 is 31.1 Å². The average Bonchev–Trinajstić information content (AvgIpc) is 3.17. The van der Waals surface area contributed by atoms with Gasteiger partial charge >= 0.3 is 6.36 Å². The lowest BCUT2D eigenvalue weighted by molar-refractivity contribution is -0.274. The molecule has 3 aromatic rings. The lowest BCUT2D eigenvalue weighted by Gasteiger charge is -2.34. The van der Waals surface area contributed by atoms with Crippen LogP contribution in [0.3, 0.4) is 0 Å². The Hall–Kier alpha value is -3.51. The van der Waals surface area contributed by atoms with Gasteiger partial charge in [0.1, 0.15) is 17.1 Å². The van der Waals surface area contributed by atoms with Crippen LogP contribution in [0.1, 0.15) is 24.0 Å². The molecule has 1 fully saturated rings. The van der Waals surface area contributed by atoms with Gasteiger partial charge in [-0.1, -0.05) is 30.3 Å². The van der Waals surface area contributed by atoms with Crippen molar-refractivity contribution in [3.8, 4) is 5.75 Å². The molecule has 1 aromatic heterocycles. The maximum Gasteiger partial charge on any atom is 0.573 e. The number of rotatable bonds is 6. The number of fused-ring (bicyclic) bond motifs is 1. The second-order valence-corrected chi connectivity index (χ2v) is 11.1. The zero-order valence-electron chi connectivity index (χ0n) is 19.5. The molecule has 3 heterocycles. The van der Waals surface area contributed by atoms with Gasteiger partial charge in [0.15, 0.2) is 0 Å². The summed E-state index contributed by atoms with van der Waals surface area (Å²) in [7, 11) is -3.59. The number of aromatic nitrogens is 1. The van der Waals surface area contributed by atoms with Crippen LogP contribution in [0.4, 0.5) is 13.2 Å². The zero-order valence-corrected chi connectivity index (χ0v) is 20.3. The molecule has 0 atom stereocenters. The Morgan fingerprint density at radius 3 is 2.57 bits per heavy atom. The summed E-state index contributed by atoms with van der Waals surface area (Å²) >= 11 is 0. The van der Waals surface area contributed by atoms with E-state index in [1.54, 1.807) is 6.20 Å². The molecule has 8 nitrogen and oxygen atoms in total. The first-order chi connectivity index (χ1) is 17.5. The van der Waals surface area contributed by atoms with E-state index in [0.29, 0.717) is 6.42 Å². The number of amidine groups is 1. The highest BCUT2D eigenvalue weighted by atomic mass is 32.2. The van der Waals surface area contributed by atoms with Crippen molar-refractivity contribution in [2.75, 3.05) is 18.8 Å². The van der Waals surface area contributed by atoms with E-state index in [0.717, 1.165) is 28.6 Å². The van der Waals surface area contributed by atoms with Crippen LogP contribution >= 0.6 is 0 Å². The summed E-state index contributed by atoms with van der Waals surface area (Å²) in [5.41, 5.74) is 0.799. The molecule has 0 radical (unpaired) electrons. The fraction of sp³-hybridized carbons (Fsp3) is 0.320. The van der Waals surface area contributed by atoms with Crippen LogP contribution in [-0.4, -0.2) is 60.2 Å². The molecule has 2 aliphatic heterocycles. The van der Waals surface area contributed by atoms with E-state index in [-0.39, 0.29) is 43.1 Å². The van der Waals surface area contributed by atoms with Gasteiger partial charge < -0.3 is 10.1 Å². The largest absolute Gasteiger partial charge is 0.573 e. The number of nitrogens with zero attached hydrogens (tertiary/aromatic N) is 3. The van der Waals surface area contributed by atoms with E-state index in [1.807, 2.05) is 30.3 Å². The summed E-state index contributed by atoms with van der Waals surface area (Å²) in [6, 6.07) is 14.5. The number of sulfonamides is 1. The summed E-state index contributed by atoms with van der Waals surface area (Å²) in [6.07, 6.45) is -2.50. The third-order valence-electron chi connectivity index (χ3n) is 6.63. The minimum atomic E-state index is -4.84. The topological polar surface area (TPSA) is 101 Å². The minimum Gasteiger partial charge on any atom is -0.406 e. The Labute approximate surface area is 211 Å². The Balaban J connectivity index is 1.26. The van der Waals surface area contributed by atoms with Crippen LogP contribution in [0.15, 0.2) is 65.8 Å². The van der Waals surface area contributed by atoms with Gasteiger partial charge in [0.05, 0.1) is 11.3 Å². The van der Waals surface area contributed by atoms with Gasteiger partial charge in [-0.3, -0.25) is 14.8 Å². The van der Waals surface area contributed by atoms with Crippen LogP contribution in [0.25, 0.3) is 10.9 Å². The molecule has 5 rings (SSSR count). The second-order valence-electron chi connectivity index (χ2n) is 8.97. The van der Waals surface area contributed by atoms with Gasteiger partial charge in [0.2, 0.25) is 10.0 Å². The van der Waals surface area contributed by atoms with Gasteiger partial charge in [-0.2, -0.15) is 0 Å². The lowest BCUT2D eigenvalue weighted by atomic mass is 9.89. The minimum absolute atomic E-state index is 0.0826. The van der Waals surface area contributed by atoms with Crippen LogP contribution in [0.2, 0.25) is 0 Å². The number of pyridine rings is 1. The average molecular weight is 533 g/mol. The molecule has 1 spiro atoms. The van der Waals surface area contributed by atoms with Gasteiger partial charge in [-0.15, -0.1) is 13.2 Å². The fourth-order valence-electron chi connectivity index (χ4n) is 4.72. The van der Waals surface area contributed by atoms with Crippen molar-refractivity contribution in [3.05, 3.63) is 71.9 Å². The van der Waals surface area contributed by atoms with Crippen molar-refractivity contribution in [1.29, 1.82) is 0 Å². The highest BCUT2D eigenvalue weighted by Gasteiger charge is 2.47. The van der Waals surface area contributed by atoms with Crippen molar-refractivity contribution in [1.82, 2.24) is 14.6 Å². The maximum absolute atomic E-state index is 13.1.